The van der Waals surface area contributed by atoms with Crippen LogP contribution >= 0.6 is 11.8 Å². The van der Waals surface area contributed by atoms with Crippen LogP contribution in [-0.4, -0.2) is 30.9 Å². The van der Waals surface area contributed by atoms with Gasteiger partial charge in [0.2, 0.25) is 11.1 Å². The average Bonchev–Trinajstić information content (AvgIpc) is 3.15. The molecule has 7 heteroatoms. The summed E-state index contributed by atoms with van der Waals surface area (Å²) < 4.78 is 2.02. The van der Waals surface area contributed by atoms with Crippen molar-refractivity contribution in [2.45, 2.75) is 23.8 Å². The van der Waals surface area contributed by atoms with Gasteiger partial charge in [-0.2, -0.15) is 0 Å². The molecule has 0 saturated heterocycles. The lowest BCUT2D eigenvalue weighted by Crippen LogP contribution is -2.34. The van der Waals surface area contributed by atoms with Crippen molar-refractivity contribution >= 4 is 51.1 Å². The lowest BCUT2D eigenvalue weighted by atomic mass is 10.2. The molecule has 0 aliphatic heterocycles. The molecule has 0 fully saturated rings. The van der Waals surface area contributed by atoms with Gasteiger partial charge in [-0.3, -0.25) is 9.69 Å². The van der Waals surface area contributed by atoms with Gasteiger partial charge in [0, 0.05) is 23.8 Å². The van der Waals surface area contributed by atoms with Gasteiger partial charge in [-0.15, -0.1) is 10.2 Å². The quantitative estimate of drug-likeness (QED) is 0.306. The molecule has 164 valence electrons. The van der Waals surface area contributed by atoms with Crippen molar-refractivity contribution in [2.75, 3.05) is 4.90 Å². The number of aromatic nitrogens is 4. The Balaban J connectivity index is 1.50. The highest BCUT2D eigenvalue weighted by atomic mass is 32.2. The third-order valence-electron chi connectivity index (χ3n) is 5.63. The Morgan fingerprint density at radius 2 is 1.52 bits per heavy atom. The van der Waals surface area contributed by atoms with Gasteiger partial charge in [0.25, 0.3) is 0 Å². The summed E-state index contributed by atoms with van der Waals surface area (Å²) in [4.78, 5) is 20.3. The number of anilines is 2. The number of carbonyl (C=O) groups is 1. The van der Waals surface area contributed by atoms with Gasteiger partial charge in [0.1, 0.15) is 5.52 Å². The second-order valence-electron chi connectivity index (χ2n) is 7.70. The summed E-state index contributed by atoms with van der Waals surface area (Å²) in [7, 11) is 1.97. The standard InChI is InChI=1S/C26H23N5OS/c1-3-22(25(32)31(18-12-6-4-7-13-18)19-14-8-5-9-15-19)33-26-27-24-23(28-29-26)20-16-10-11-17-21(20)30(24)2/h4-17,22H,3H2,1-2H3. The van der Waals surface area contributed by atoms with E-state index in [0.29, 0.717) is 11.6 Å². The number of thioether (sulfide) groups is 1. The van der Waals surface area contributed by atoms with Crippen LogP contribution in [0.25, 0.3) is 22.1 Å². The van der Waals surface area contributed by atoms with E-state index in [1.165, 1.54) is 11.8 Å². The van der Waals surface area contributed by atoms with E-state index in [1.54, 1.807) is 4.90 Å². The predicted octanol–water partition coefficient (Wildman–Crippen LogP) is 5.75. The molecule has 0 spiro atoms. The highest BCUT2D eigenvalue weighted by Crippen LogP contribution is 2.32. The van der Waals surface area contributed by atoms with Gasteiger partial charge in [0.05, 0.1) is 10.8 Å². The maximum Gasteiger partial charge on any atom is 0.245 e. The molecule has 0 aliphatic carbocycles. The SMILES string of the molecule is CCC(Sc1nnc2c3ccccc3n(C)c2n1)C(=O)N(c1ccccc1)c1ccccc1. The lowest BCUT2D eigenvalue weighted by Gasteiger charge is -2.26. The number of amides is 1. The summed E-state index contributed by atoms with van der Waals surface area (Å²) in [6.07, 6.45) is 0.635. The number of benzene rings is 3. The Bertz CT molecular complexity index is 1380. The van der Waals surface area contributed by atoms with Crippen LogP contribution in [0.3, 0.4) is 0 Å². The Hall–Kier alpha value is -3.71. The highest BCUT2D eigenvalue weighted by Gasteiger charge is 2.28. The number of rotatable bonds is 6. The number of hydrogen-bond acceptors (Lipinski definition) is 5. The highest BCUT2D eigenvalue weighted by molar-refractivity contribution is 8.00. The summed E-state index contributed by atoms with van der Waals surface area (Å²) >= 11 is 1.36. The Morgan fingerprint density at radius 3 is 2.15 bits per heavy atom. The second-order valence-corrected chi connectivity index (χ2v) is 8.87. The van der Waals surface area contributed by atoms with Crippen molar-refractivity contribution in [3.63, 3.8) is 0 Å². The molecule has 2 heterocycles. The van der Waals surface area contributed by atoms with Gasteiger partial charge in [-0.25, -0.2) is 4.98 Å². The van der Waals surface area contributed by atoms with Crippen LogP contribution in [0, 0.1) is 0 Å². The first-order chi connectivity index (χ1) is 16.2. The van der Waals surface area contributed by atoms with Crippen molar-refractivity contribution in [3.8, 4) is 0 Å². The molecular weight excluding hydrogens is 430 g/mol. The Kier molecular flexibility index (Phi) is 5.79. The van der Waals surface area contributed by atoms with Crippen molar-refractivity contribution in [1.29, 1.82) is 0 Å². The summed E-state index contributed by atoms with van der Waals surface area (Å²) in [5.74, 6) is -0.0133. The smallest absolute Gasteiger partial charge is 0.245 e. The molecule has 6 nitrogen and oxygen atoms in total. The third-order valence-corrected chi connectivity index (χ3v) is 6.83. The Labute approximate surface area is 196 Å². The Morgan fingerprint density at radius 1 is 0.909 bits per heavy atom. The van der Waals surface area contributed by atoms with E-state index < -0.39 is 0 Å². The lowest BCUT2D eigenvalue weighted by molar-refractivity contribution is -0.117. The number of nitrogens with zero attached hydrogens (tertiary/aromatic N) is 5. The van der Waals surface area contributed by atoms with E-state index >= 15 is 0 Å². The molecule has 1 unspecified atom stereocenters. The number of para-hydroxylation sites is 3. The molecule has 5 rings (SSSR count). The number of carbonyl (C=O) groups excluding carboxylic acids is 1. The molecule has 5 aromatic rings. The van der Waals surface area contributed by atoms with Crippen LogP contribution in [-0.2, 0) is 11.8 Å². The molecule has 1 amide bonds. The first-order valence-electron chi connectivity index (χ1n) is 10.9. The molecule has 33 heavy (non-hydrogen) atoms. The van der Waals surface area contributed by atoms with E-state index in [0.717, 1.165) is 33.4 Å². The van der Waals surface area contributed by atoms with Gasteiger partial charge in [-0.05, 0) is 36.8 Å². The van der Waals surface area contributed by atoms with Gasteiger partial charge in [0.15, 0.2) is 5.65 Å². The maximum absolute atomic E-state index is 13.8. The zero-order chi connectivity index (χ0) is 22.8. The minimum Gasteiger partial charge on any atom is -0.327 e. The topological polar surface area (TPSA) is 63.9 Å². The van der Waals surface area contributed by atoms with E-state index in [9.17, 15) is 4.79 Å². The van der Waals surface area contributed by atoms with Crippen LogP contribution in [0.4, 0.5) is 11.4 Å². The molecule has 0 aliphatic rings. The van der Waals surface area contributed by atoms with Crippen molar-refractivity contribution < 1.29 is 4.79 Å². The van der Waals surface area contributed by atoms with E-state index in [-0.39, 0.29) is 11.2 Å². The molecular formula is C26H23N5OS. The fourth-order valence-corrected chi connectivity index (χ4v) is 4.83. The van der Waals surface area contributed by atoms with Crippen LogP contribution in [0.2, 0.25) is 0 Å². The summed E-state index contributed by atoms with van der Waals surface area (Å²) in [6, 6.07) is 27.5. The second kappa shape index (κ2) is 9.03. The summed E-state index contributed by atoms with van der Waals surface area (Å²) in [6.45, 7) is 2.01. The molecule has 0 radical (unpaired) electrons. The normalized spacial score (nSPS) is 12.2. The number of hydrogen-bond donors (Lipinski definition) is 0. The summed E-state index contributed by atoms with van der Waals surface area (Å²) in [5.41, 5.74) is 4.25. The first-order valence-corrected chi connectivity index (χ1v) is 11.7. The van der Waals surface area contributed by atoms with Gasteiger partial charge < -0.3 is 4.57 Å². The third kappa shape index (κ3) is 3.96. The molecule has 0 bridgehead atoms. The predicted molar refractivity (Wildman–Crippen MR) is 134 cm³/mol. The monoisotopic (exact) mass is 453 g/mol. The van der Waals surface area contributed by atoms with Crippen molar-refractivity contribution in [3.05, 3.63) is 84.9 Å². The summed E-state index contributed by atoms with van der Waals surface area (Å²) in [5, 5.41) is 9.98. The van der Waals surface area contributed by atoms with Crippen LogP contribution in [0.5, 0.6) is 0 Å². The zero-order valence-corrected chi connectivity index (χ0v) is 19.2. The van der Waals surface area contributed by atoms with Crippen molar-refractivity contribution in [1.82, 2.24) is 19.7 Å². The zero-order valence-electron chi connectivity index (χ0n) is 18.4. The van der Waals surface area contributed by atoms with E-state index in [2.05, 4.69) is 10.2 Å². The maximum atomic E-state index is 13.8. The fraction of sp³-hybridized carbons (Fsp3) is 0.154. The molecule has 1 atom stereocenters. The minimum absolute atomic E-state index is 0.0133. The van der Waals surface area contributed by atoms with Crippen molar-refractivity contribution in [2.24, 2.45) is 7.05 Å². The molecule has 3 aromatic carbocycles. The van der Waals surface area contributed by atoms with Crippen LogP contribution in [0.1, 0.15) is 13.3 Å². The van der Waals surface area contributed by atoms with Crippen LogP contribution in [0.15, 0.2) is 90.1 Å². The molecule has 0 N–H and O–H groups in total. The van der Waals surface area contributed by atoms with Gasteiger partial charge in [-0.1, -0.05) is 73.3 Å². The number of aryl methyl sites for hydroxylation is 1. The minimum atomic E-state index is -0.362. The van der Waals surface area contributed by atoms with E-state index in [4.69, 9.17) is 4.98 Å². The molecule has 0 saturated carbocycles. The van der Waals surface area contributed by atoms with E-state index in [1.807, 2.05) is 103 Å². The average molecular weight is 454 g/mol. The first kappa shape index (κ1) is 21.2. The number of fused-ring (bicyclic) bond motifs is 3. The van der Waals surface area contributed by atoms with Gasteiger partial charge >= 0.3 is 0 Å². The fourth-order valence-electron chi connectivity index (χ4n) is 3.98. The molecule has 2 aromatic heterocycles. The van der Waals surface area contributed by atoms with Crippen LogP contribution < -0.4 is 4.90 Å². The largest absolute Gasteiger partial charge is 0.327 e.